The Bertz CT molecular complexity index is 332. The summed E-state index contributed by atoms with van der Waals surface area (Å²) in [5, 5.41) is 0. The van der Waals surface area contributed by atoms with Crippen LogP contribution in [0.15, 0.2) is 0 Å². The molecule has 2 aliphatic heterocycles. The molecule has 2 heterocycles. The minimum atomic E-state index is -0.390. The number of likely N-dealkylation sites (tertiary alicyclic amines) is 1. The first-order valence-electron chi connectivity index (χ1n) is 8.54. The molecule has 2 saturated heterocycles. The molecule has 0 aromatic heterocycles. The standard InChI is InChI=1S/C16H30N2O4.ClH/c1-13(22-12-15-4-2-10-21-15)16(19)18-8-5-14(6-9-18)20-11-3-7-17;/h13-15H,2-12,17H2,1H3;1H. The van der Waals surface area contributed by atoms with Gasteiger partial charge in [-0.25, -0.2) is 0 Å². The Kier molecular flexibility index (Phi) is 10.1. The Hall–Kier alpha value is -0.400. The number of halogens is 1. The fourth-order valence-electron chi connectivity index (χ4n) is 2.93. The van der Waals surface area contributed by atoms with Crippen molar-refractivity contribution in [2.24, 2.45) is 5.73 Å². The van der Waals surface area contributed by atoms with Crippen LogP contribution in [-0.2, 0) is 19.0 Å². The number of nitrogens with two attached hydrogens (primary N) is 1. The minimum absolute atomic E-state index is 0. The Labute approximate surface area is 145 Å². The zero-order valence-electron chi connectivity index (χ0n) is 14.1. The Morgan fingerprint density at radius 1 is 1.35 bits per heavy atom. The van der Waals surface area contributed by atoms with Crippen LogP contribution >= 0.6 is 12.4 Å². The van der Waals surface area contributed by atoms with Crippen LogP contribution < -0.4 is 5.73 Å². The number of nitrogens with zero attached hydrogens (tertiary/aromatic N) is 1. The predicted molar refractivity (Wildman–Crippen MR) is 90.9 cm³/mol. The molecule has 0 spiro atoms. The van der Waals surface area contributed by atoms with Gasteiger partial charge in [0.15, 0.2) is 0 Å². The number of rotatable bonds is 8. The van der Waals surface area contributed by atoms with Gasteiger partial charge in [0.1, 0.15) is 6.10 Å². The molecule has 1 amide bonds. The van der Waals surface area contributed by atoms with E-state index in [0.717, 1.165) is 58.4 Å². The molecular formula is C16H31ClN2O4. The van der Waals surface area contributed by atoms with Crippen LogP contribution in [0.4, 0.5) is 0 Å². The van der Waals surface area contributed by atoms with E-state index < -0.39 is 0 Å². The molecule has 136 valence electrons. The first kappa shape index (κ1) is 20.6. The lowest BCUT2D eigenvalue weighted by molar-refractivity contribution is -0.147. The summed E-state index contributed by atoms with van der Waals surface area (Å²) in [7, 11) is 0. The van der Waals surface area contributed by atoms with Gasteiger partial charge in [-0.2, -0.15) is 0 Å². The number of piperidine rings is 1. The van der Waals surface area contributed by atoms with E-state index in [0.29, 0.717) is 13.2 Å². The van der Waals surface area contributed by atoms with Gasteiger partial charge in [0.05, 0.1) is 18.8 Å². The van der Waals surface area contributed by atoms with Crippen LogP contribution in [0.25, 0.3) is 0 Å². The van der Waals surface area contributed by atoms with Crippen LogP contribution in [0.1, 0.15) is 39.0 Å². The van der Waals surface area contributed by atoms with Crippen molar-refractivity contribution < 1.29 is 19.0 Å². The molecule has 0 bridgehead atoms. The van der Waals surface area contributed by atoms with Gasteiger partial charge in [-0.1, -0.05) is 0 Å². The van der Waals surface area contributed by atoms with Crippen molar-refractivity contribution in [2.75, 3.05) is 39.5 Å². The molecule has 0 saturated carbocycles. The van der Waals surface area contributed by atoms with Crippen molar-refractivity contribution in [3.63, 3.8) is 0 Å². The Balaban J connectivity index is 0.00000264. The maximum Gasteiger partial charge on any atom is 0.251 e. The molecule has 6 nitrogen and oxygen atoms in total. The molecule has 2 rings (SSSR count). The highest BCUT2D eigenvalue weighted by atomic mass is 35.5. The summed E-state index contributed by atoms with van der Waals surface area (Å²) in [6.07, 6.45) is 4.85. The predicted octanol–water partition coefficient (Wildman–Crippen LogP) is 1.35. The zero-order valence-corrected chi connectivity index (χ0v) is 14.9. The molecular weight excluding hydrogens is 320 g/mol. The average molecular weight is 351 g/mol. The third kappa shape index (κ3) is 6.93. The van der Waals surface area contributed by atoms with Crippen molar-refractivity contribution >= 4 is 18.3 Å². The molecule has 2 N–H and O–H groups in total. The van der Waals surface area contributed by atoms with Crippen molar-refractivity contribution in [1.29, 1.82) is 0 Å². The van der Waals surface area contributed by atoms with Gasteiger partial charge in [0.25, 0.3) is 5.91 Å². The smallest absolute Gasteiger partial charge is 0.251 e. The summed E-state index contributed by atoms with van der Waals surface area (Å²) >= 11 is 0. The van der Waals surface area contributed by atoms with Gasteiger partial charge < -0.3 is 24.8 Å². The number of carbonyl (C=O) groups excluding carboxylic acids is 1. The molecule has 2 aliphatic rings. The molecule has 2 unspecified atom stereocenters. The molecule has 0 radical (unpaired) electrons. The van der Waals surface area contributed by atoms with Crippen molar-refractivity contribution in [3.8, 4) is 0 Å². The SMILES string of the molecule is CC(OCC1CCCO1)C(=O)N1CCC(OCCCN)CC1.Cl. The summed E-state index contributed by atoms with van der Waals surface area (Å²) in [6, 6.07) is 0. The summed E-state index contributed by atoms with van der Waals surface area (Å²) in [6.45, 7) is 6.05. The van der Waals surface area contributed by atoms with E-state index in [4.69, 9.17) is 19.9 Å². The molecule has 0 aromatic rings. The van der Waals surface area contributed by atoms with Crippen LogP contribution in [0.2, 0.25) is 0 Å². The van der Waals surface area contributed by atoms with Crippen molar-refractivity contribution in [2.45, 2.75) is 57.3 Å². The summed E-state index contributed by atoms with van der Waals surface area (Å²) < 4.78 is 17.0. The molecule has 0 aromatic carbocycles. The van der Waals surface area contributed by atoms with Gasteiger partial charge in [0, 0.05) is 26.3 Å². The summed E-state index contributed by atoms with van der Waals surface area (Å²) in [5.41, 5.74) is 5.46. The third-order valence-corrected chi connectivity index (χ3v) is 4.36. The van der Waals surface area contributed by atoms with E-state index in [1.165, 1.54) is 0 Å². The van der Waals surface area contributed by atoms with Crippen molar-refractivity contribution in [1.82, 2.24) is 4.90 Å². The molecule has 2 fully saturated rings. The molecule has 7 heteroatoms. The van der Waals surface area contributed by atoms with E-state index in [2.05, 4.69) is 0 Å². The average Bonchev–Trinajstić information content (AvgIpc) is 3.06. The van der Waals surface area contributed by atoms with Gasteiger partial charge in [-0.05, 0) is 45.6 Å². The number of carbonyl (C=O) groups is 1. The van der Waals surface area contributed by atoms with Gasteiger partial charge in [-0.3, -0.25) is 4.79 Å². The highest BCUT2D eigenvalue weighted by Gasteiger charge is 2.27. The second-order valence-electron chi connectivity index (χ2n) is 6.15. The van der Waals surface area contributed by atoms with E-state index >= 15 is 0 Å². The number of ether oxygens (including phenoxy) is 3. The first-order valence-corrected chi connectivity index (χ1v) is 8.54. The first-order chi connectivity index (χ1) is 10.7. The van der Waals surface area contributed by atoms with Crippen LogP contribution in [0, 0.1) is 0 Å². The second-order valence-corrected chi connectivity index (χ2v) is 6.15. The maximum atomic E-state index is 12.4. The van der Waals surface area contributed by atoms with Crippen LogP contribution in [0.5, 0.6) is 0 Å². The minimum Gasteiger partial charge on any atom is -0.378 e. The molecule has 23 heavy (non-hydrogen) atoms. The van der Waals surface area contributed by atoms with E-state index in [9.17, 15) is 4.79 Å². The maximum absolute atomic E-state index is 12.4. The van der Waals surface area contributed by atoms with E-state index in [-0.39, 0.29) is 36.6 Å². The lowest BCUT2D eigenvalue weighted by Gasteiger charge is -2.33. The number of amides is 1. The monoisotopic (exact) mass is 350 g/mol. The fraction of sp³-hybridized carbons (Fsp3) is 0.938. The van der Waals surface area contributed by atoms with Crippen LogP contribution in [-0.4, -0.2) is 68.6 Å². The Morgan fingerprint density at radius 2 is 2.09 bits per heavy atom. The van der Waals surface area contributed by atoms with E-state index in [1.807, 2.05) is 11.8 Å². The highest BCUT2D eigenvalue weighted by molar-refractivity contribution is 5.85. The number of hydrogen-bond donors (Lipinski definition) is 1. The van der Waals surface area contributed by atoms with E-state index in [1.54, 1.807) is 0 Å². The molecule has 2 atom stereocenters. The highest BCUT2D eigenvalue weighted by Crippen LogP contribution is 2.17. The molecule has 0 aliphatic carbocycles. The Morgan fingerprint density at radius 3 is 2.70 bits per heavy atom. The topological polar surface area (TPSA) is 74.0 Å². The largest absolute Gasteiger partial charge is 0.378 e. The fourth-order valence-corrected chi connectivity index (χ4v) is 2.93. The normalized spacial score (nSPS) is 23.6. The lowest BCUT2D eigenvalue weighted by Crippen LogP contribution is -2.45. The third-order valence-electron chi connectivity index (χ3n) is 4.36. The van der Waals surface area contributed by atoms with Crippen LogP contribution in [0.3, 0.4) is 0 Å². The summed E-state index contributed by atoms with van der Waals surface area (Å²) in [4.78, 5) is 14.3. The second kappa shape index (κ2) is 11.2. The quantitative estimate of drug-likeness (QED) is 0.669. The van der Waals surface area contributed by atoms with Gasteiger partial charge >= 0.3 is 0 Å². The van der Waals surface area contributed by atoms with Gasteiger partial charge in [-0.15, -0.1) is 12.4 Å². The zero-order chi connectivity index (χ0) is 15.8. The van der Waals surface area contributed by atoms with Crippen molar-refractivity contribution in [3.05, 3.63) is 0 Å². The van der Waals surface area contributed by atoms with Gasteiger partial charge in [0.2, 0.25) is 0 Å². The summed E-state index contributed by atoms with van der Waals surface area (Å²) in [5.74, 6) is 0.0819. The number of hydrogen-bond acceptors (Lipinski definition) is 5. The lowest BCUT2D eigenvalue weighted by atomic mass is 10.1.